The summed E-state index contributed by atoms with van der Waals surface area (Å²) < 4.78 is 6.07. The highest BCUT2D eigenvalue weighted by Crippen LogP contribution is 2.34. The monoisotopic (exact) mass is 553 g/mol. The van der Waals surface area contributed by atoms with E-state index in [0.29, 0.717) is 69.2 Å². The van der Waals surface area contributed by atoms with Gasteiger partial charge in [-0.1, -0.05) is 23.2 Å². The first-order chi connectivity index (χ1) is 18.0. The highest BCUT2D eigenvalue weighted by molar-refractivity contribution is 6.35. The number of nitrogens with zero attached hydrogens (tertiary/aromatic N) is 4. The lowest BCUT2D eigenvalue weighted by molar-refractivity contribution is 0.164. The first-order valence-corrected chi connectivity index (χ1v) is 12.8. The fourth-order valence-corrected chi connectivity index (χ4v) is 5.11. The Morgan fingerprint density at radius 1 is 1.26 bits per heavy atom. The number of benzene rings is 1. The van der Waals surface area contributed by atoms with Crippen LogP contribution >= 0.6 is 23.2 Å². The number of nitrogens with two attached hydrogens (primary N) is 1. The fourth-order valence-electron chi connectivity index (χ4n) is 4.43. The normalized spacial score (nSPS) is 15.8. The van der Waals surface area contributed by atoms with Crippen LogP contribution in [-0.2, 0) is 0 Å². The third-order valence-corrected chi connectivity index (χ3v) is 6.99. The molecule has 38 heavy (non-hydrogen) atoms. The van der Waals surface area contributed by atoms with E-state index in [-0.39, 0.29) is 11.3 Å². The molecule has 2 aromatic heterocycles. The van der Waals surface area contributed by atoms with E-state index in [1.807, 2.05) is 11.8 Å². The van der Waals surface area contributed by atoms with Crippen LogP contribution in [0.2, 0.25) is 10.0 Å². The average molecular weight is 554 g/mol. The second kappa shape index (κ2) is 11.1. The molecule has 0 spiro atoms. The number of nitriles is 1. The molecular formula is C27H29Cl2N7O2. The molecule has 1 aliphatic heterocycles. The summed E-state index contributed by atoms with van der Waals surface area (Å²) in [4.78, 5) is 10.5. The predicted octanol–water partition coefficient (Wildman–Crippen LogP) is 4.34. The molecule has 3 aromatic rings. The number of rotatable bonds is 9. The predicted molar refractivity (Wildman–Crippen MR) is 149 cm³/mol. The van der Waals surface area contributed by atoms with Gasteiger partial charge < -0.3 is 25.8 Å². The fraction of sp³-hybridized carbons (Fsp3) is 0.333. The van der Waals surface area contributed by atoms with E-state index < -0.39 is 12.2 Å². The molecule has 0 aliphatic carbocycles. The molecule has 3 heterocycles. The summed E-state index contributed by atoms with van der Waals surface area (Å²) >= 11 is 12.5. The van der Waals surface area contributed by atoms with Gasteiger partial charge in [0, 0.05) is 60.6 Å². The number of anilines is 2. The van der Waals surface area contributed by atoms with Gasteiger partial charge in [-0.3, -0.25) is 10.4 Å². The lowest BCUT2D eigenvalue weighted by atomic mass is 9.91. The number of halogens is 2. The van der Waals surface area contributed by atoms with E-state index in [2.05, 4.69) is 28.3 Å². The van der Waals surface area contributed by atoms with Crippen LogP contribution in [0.3, 0.4) is 0 Å². The quantitative estimate of drug-likeness (QED) is 0.226. The van der Waals surface area contributed by atoms with E-state index >= 15 is 0 Å². The van der Waals surface area contributed by atoms with Crippen LogP contribution in [0.1, 0.15) is 49.1 Å². The van der Waals surface area contributed by atoms with Crippen LogP contribution < -0.4 is 20.7 Å². The largest absolute Gasteiger partial charge is 0.486 e. The summed E-state index contributed by atoms with van der Waals surface area (Å²) in [6.07, 6.45) is 3.66. The van der Waals surface area contributed by atoms with Crippen molar-refractivity contribution >= 4 is 40.4 Å². The van der Waals surface area contributed by atoms with Crippen molar-refractivity contribution in [1.82, 2.24) is 15.3 Å². The minimum absolute atomic E-state index is 0.114. The van der Waals surface area contributed by atoms with Gasteiger partial charge in [0.15, 0.2) is 0 Å². The minimum Gasteiger partial charge on any atom is -0.486 e. The zero-order chi connectivity index (χ0) is 27.6. The van der Waals surface area contributed by atoms with E-state index in [9.17, 15) is 10.4 Å². The number of pyridine rings is 2. The van der Waals surface area contributed by atoms with Crippen molar-refractivity contribution in [3.05, 3.63) is 75.2 Å². The van der Waals surface area contributed by atoms with Gasteiger partial charge in [0.05, 0.1) is 33.0 Å². The van der Waals surface area contributed by atoms with Crippen molar-refractivity contribution in [3.63, 3.8) is 0 Å². The molecule has 1 aromatic carbocycles. The van der Waals surface area contributed by atoms with Gasteiger partial charge in [-0.05, 0) is 45.0 Å². The molecule has 1 saturated heterocycles. The summed E-state index contributed by atoms with van der Waals surface area (Å²) in [5.41, 5.74) is 8.42. The van der Waals surface area contributed by atoms with Crippen molar-refractivity contribution in [2.24, 2.45) is 0 Å². The van der Waals surface area contributed by atoms with Crippen LogP contribution in [0.5, 0.6) is 5.75 Å². The number of ether oxygens (including phenoxy) is 1. The molecule has 0 saturated carbocycles. The lowest BCUT2D eigenvalue weighted by Gasteiger charge is -2.49. The molecule has 0 radical (unpaired) electrons. The average Bonchev–Trinajstić information content (AvgIpc) is 2.86. The van der Waals surface area contributed by atoms with Gasteiger partial charge in [-0.15, -0.1) is 0 Å². The smallest absolute Gasteiger partial charge is 0.146 e. The molecule has 9 nitrogen and oxygen atoms in total. The van der Waals surface area contributed by atoms with Gasteiger partial charge in [-0.25, -0.2) is 4.98 Å². The number of nitrogens with one attached hydrogen (secondary N) is 2. The molecular weight excluding hydrogens is 525 g/mol. The van der Waals surface area contributed by atoms with Crippen LogP contribution in [-0.4, -0.2) is 52.1 Å². The van der Waals surface area contributed by atoms with Gasteiger partial charge in [0.2, 0.25) is 0 Å². The van der Waals surface area contributed by atoms with Gasteiger partial charge in [0.1, 0.15) is 23.7 Å². The Balaban J connectivity index is 1.53. The molecule has 198 valence electrons. The summed E-state index contributed by atoms with van der Waals surface area (Å²) in [6, 6.07) is 8.89. The Morgan fingerprint density at radius 3 is 2.58 bits per heavy atom. The molecule has 0 amide bonds. The number of nitrogen functional groups attached to an aromatic ring is 1. The number of aliphatic hydroxyl groups excluding tert-OH is 1. The standard InChI is InChI=1S/C27H29Cl2N7O2/c1-15(37)9-35-27(3)13-36(14-27)26-17(8-30)6-18(10-34-26)25(32)20-7-19(4-5-23(20)31)38-16(2)24-21(28)11-33-12-22(24)29/h4-7,10-12,15-16,32,35,37H,9,13-14,31H2,1-3H3/t15?,16-/m1/s1. The highest BCUT2D eigenvalue weighted by atomic mass is 35.5. The molecule has 2 atom stereocenters. The van der Waals surface area contributed by atoms with Gasteiger partial charge in [-0.2, -0.15) is 5.26 Å². The van der Waals surface area contributed by atoms with Crippen molar-refractivity contribution in [1.29, 1.82) is 10.7 Å². The Kier molecular flexibility index (Phi) is 8.09. The third kappa shape index (κ3) is 5.84. The van der Waals surface area contributed by atoms with Crippen molar-refractivity contribution in [2.45, 2.75) is 38.5 Å². The zero-order valence-corrected chi connectivity index (χ0v) is 22.8. The maximum Gasteiger partial charge on any atom is 0.146 e. The molecule has 11 heteroatoms. The van der Waals surface area contributed by atoms with Gasteiger partial charge >= 0.3 is 0 Å². The van der Waals surface area contributed by atoms with E-state index in [1.54, 1.807) is 37.4 Å². The topological polar surface area (TPSA) is 144 Å². The molecule has 1 fully saturated rings. The van der Waals surface area contributed by atoms with Crippen molar-refractivity contribution < 1.29 is 9.84 Å². The van der Waals surface area contributed by atoms with Gasteiger partial charge in [0.25, 0.3) is 0 Å². The number of β-amino-alcohol motifs (C(OH)–C–C–N with tert-alkyl or cyclic N) is 1. The number of hydrogen-bond acceptors (Lipinski definition) is 9. The first-order valence-electron chi connectivity index (χ1n) is 12.0. The van der Waals surface area contributed by atoms with Crippen molar-refractivity contribution in [3.8, 4) is 11.8 Å². The second-order valence-corrected chi connectivity index (χ2v) is 10.6. The molecule has 4 rings (SSSR count). The van der Waals surface area contributed by atoms with E-state index in [4.69, 9.17) is 39.1 Å². The Hall–Kier alpha value is -3.42. The Bertz CT molecular complexity index is 1380. The summed E-state index contributed by atoms with van der Waals surface area (Å²) in [5, 5.41) is 32.3. The van der Waals surface area contributed by atoms with Crippen LogP contribution in [0, 0.1) is 16.7 Å². The Morgan fingerprint density at radius 2 is 1.95 bits per heavy atom. The molecule has 5 N–H and O–H groups in total. The third-order valence-electron chi connectivity index (χ3n) is 6.38. The van der Waals surface area contributed by atoms with Crippen LogP contribution in [0.4, 0.5) is 11.5 Å². The summed E-state index contributed by atoms with van der Waals surface area (Å²) in [5.74, 6) is 1.04. The SMILES string of the molecule is CC(O)CNC1(C)CN(c2ncc(C(=N)c3cc(O[C@H](C)c4c(Cl)cncc4Cl)ccc3N)cc2C#N)C1. The number of aliphatic hydroxyl groups is 1. The lowest BCUT2D eigenvalue weighted by Crippen LogP contribution is -2.68. The first kappa shape index (κ1) is 27.6. The van der Waals surface area contributed by atoms with Crippen molar-refractivity contribution in [2.75, 3.05) is 30.3 Å². The molecule has 0 bridgehead atoms. The second-order valence-electron chi connectivity index (χ2n) is 9.75. The molecule has 1 aliphatic rings. The maximum absolute atomic E-state index is 9.81. The minimum atomic E-state index is -0.480. The Labute approximate surface area is 231 Å². The number of aromatic nitrogens is 2. The summed E-state index contributed by atoms with van der Waals surface area (Å²) in [6.45, 7) is 7.40. The van der Waals surface area contributed by atoms with E-state index in [1.165, 1.54) is 12.4 Å². The summed E-state index contributed by atoms with van der Waals surface area (Å²) in [7, 11) is 0. The zero-order valence-electron chi connectivity index (χ0n) is 21.3. The maximum atomic E-state index is 9.81. The highest BCUT2D eigenvalue weighted by Gasteiger charge is 2.40. The molecule has 1 unspecified atom stereocenters. The van der Waals surface area contributed by atoms with Crippen LogP contribution in [0.25, 0.3) is 0 Å². The van der Waals surface area contributed by atoms with E-state index in [0.717, 1.165) is 0 Å². The number of hydrogen-bond donors (Lipinski definition) is 4. The van der Waals surface area contributed by atoms with Crippen LogP contribution in [0.15, 0.2) is 42.9 Å².